The van der Waals surface area contributed by atoms with E-state index in [-0.39, 0.29) is 11.9 Å². The molecule has 2 N–H and O–H groups in total. The molecule has 0 saturated carbocycles. The summed E-state index contributed by atoms with van der Waals surface area (Å²) in [5, 5.41) is 1.13. The fourth-order valence-corrected chi connectivity index (χ4v) is 3.06. The Labute approximate surface area is 137 Å². The van der Waals surface area contributed by atoms with E-state index in [9.17, 15) is 4.39 Å². The number of hydrogen-bond donors (Lipinski definition) is 1. The molecule has 21 heavy (non-hydrogen) atoms. The van der Waals surface area contributed by atoms with Gasteiger partial charge in [0, 0.05) is 26.6 Å². The normalized spacial score (nSPS) is 11.0. The second kappa shape index (κ2) is 6.77. The Hall–Kier alpha value is -1.10. The zero-order valence-corrected chi connectivity index (χ0v) is 13.8. The highest BCUT2D eigenvalue weighted by Gasteiger charge is 2.13. The van der Waals surface area contributed by atoms with E-state index in [1.807, 2.05) is 13.8 Å². The molecule has 0 aliphatic carbocycles. The van der Waals surface area contributed by atoms with Crippen LogP contribution in [0.2, 0.25) is 10.0 Å². The van der Waals surface area contributed by atoms with Crippen LogP contribution in [0.5, 0.6) is 5.75 Å². The topological polar surface area (TPSA) is 35.2 Å². The molecule has 0 amide bonds. The molecule has 0 unspecified atom stereocenters. The molecule has 0 aliphatic heterocycles. The Kier molecular flexibility index (Phi) is 5.25. The number of nitrogen functional groups attached to an aromatic ring is 1. The van der Waals surface area contributed by atoms with Gasteiger partial charge in [0.15, 0.2) is 11.6 Å². The Balaban J connectivity index is 2.37. The lowest BCUT2D eigenvalue weighted by Crippen LogP contribution is -2.07. The number of anilines is 1. The number of halogens is 3. The number of rotatable bonds is 4. The van der Waals surface area contributed by atoms with Gasteiger partial charge in [-0.05, 0) is 38.1 Å². The summed E-state index contributed by atoms with van der Waals surface area (Å²) in [6, 6.07) is 7.97. The van der Waals surface area contributed by atoms with E-state index in [1.54, 1.807) is 24.3 Å². The van der Waals surface area contributed by atoms with Crippen molar-refractivity contribution in [2.24, 2.45) is 0 Å². The van der Waals surface area contributed by atoms with Crippen molar-refractivity contribution < 1.29 is 9.13 Å². The van der Waals surface area contributed by atoms with Gasteiger partial charge in [-0.1, -0.05) is 35.0 Å². The fourth-order valence-electron chi connectivity index (χ4n) is 1.66. The Bertz CT molecular complexity index is 664. The van der Waals surface area contributed by atoms with E-state index >= 15 is 0 Å². The highest BCUT2D eigenvalue weighted by molar-refractivity contribution is 7.99. The minimum absolute atomic E-state index is 0.129. The van der Waals surface area contributed by atoms with E-state index in [2.05, 4.69) is 0 Å². The predicted molar refractivity (Wildman–Crippen MR) is 87.2 cm³/mol. The van der Waals surface area contributed by atoms with Crippen molar-refractivity contribution in [1.29, 1.82) is 0 Å². The first-order chi connectivity index (χ1) is 9.86. The quantitative estimate of drug-likeness (QED) is 0.726. The van der Waals surface area contributed by atoms with Crippen LogP contribution in [0.1, 0.15) is 13.8 Å². The monoisotopic (exact) mass is 345 g/mol. The van der Waals surface area contributed by atoms with Crippen molar-refractivity contribution >= 4 is 40.7 Å². The highest BCUT2D eigenvalue weighted by Crippen LogP contribution is 2.40. The Morgan fingerprint density at radius 3 is 2.52 bits per heavy atom. The molecule has 112 valence electrons. The molecule has 2 rings (SSSR count). The third kappa shape index (κ3) is 4.19. The molecule has 2 aromatic rings. The lowest BCUT2D eigenvalue weighted by atomic mass is 10.3. The molecule has 0 fully saturated rings. The van der Waals surface area contributed by atoms with Crippen molar-refractivity contribution in [3.05, 3.63) is 46.2 Å². The number of benzene rings is 2. The molecule has 0 atom stereocenters. The molecule has 2 nitrogen and oxygen atoms in total. The van der Waals surface area contributed by atoms with Crippen LogP contribution in [-0.2, 0) is 0 Å². The van der Waals surface area contributed by atoms with Crippen LogP contribution in [-0.4, -0.2) is 6.10 Å². The molecule has 0 spiro atoms. The minimum atomic E-state index is -0.484. The fraction of sp³-hybridized carbons (Fsp3) is 0.200. The van der Waals surface area contributed by atoms with Crippen LogP contribution in [0.3, 0.4) is 0 Å². The second-order valence-electron chi connectivity index (χ2n) is 4.66. The molecule has 0 saturated heterocycles. The third-order valence-corrected chi connectivity index (χ3v) is 4.35. The molecule has 2 aromatic carbocycles. The first-order valence-corrected chi connectivity index (χ1v) is 7.82. The Morgan fingerprint density at radius 1 is 1.14 bits per heavy atom. The minimum Gasteiger partial charge on any atom is -0.488 e. The summed E-state index contributed by atoms with van der Waals surface area (Å²) < 4.78 is 19.2. The van der Waals surface area contributed by atoms with Crippen molar-refractivity contribution in [3.8, 4) is 5.75 Å². The van der Waals surface area contributed by atoms with Crippen LogP contribution in [0.25, 0.3) is 0 Å². The van der Waals surface area contributed by atoms with Crippen LogP contribution in [0.4, 0.5) is 10.1 Å². The van der Waals surface area contributed by atoms with Crippen molar-refractivity contribution in [1.82, 2.24) is 0 Å². The van der Waals surface area contributed by atoms with Gasteiger partial charge in [0.05, 0.1) is 11.1 Å². The van der Waals surface area contributed by atoms with Gasteiger partial charge in [-0.3, -0.25) is 0 Å². The summed E-state index contributed by atoms with van der Waals surface area (Å²) in [5.74, 6) is -0.317. The van der Waals surface area contributed by atoms with E-state index in [4.69, 9.17) is 33.7 Å². The summed E-state index contributed by atoms with van der Waals surface area (Å²) in [5.41, 5.74) is 6.19. The van der Waals surface area contributed by atoms with E-state index in [0.29, 0.717) is 20.6 Å². The van der Waals surface area contributed by atoms with Gasteiger partial charge in [-0.15, -0.1) is 0 Å². The van der Waals surface area contributed by atoms with Gasteiger partial charge in [-0.2, -0.15) is 0 Å². The van der Waals surface area contributed by atoms with Gasteiger partial charge < -0.3 is 10.5 Å². The molecule has 0 aliphatic rings. The number of nitrogens with two attached hydrogens (primary N) is 1. The third-order valence-electron chi connectivity index (χ3n) is 2.54. The van der Waals surface area contributed by atoms with Gasteiger partial charge in [-0.25, -0.2) is 4.39 Å². The zero-order chi connectivity index (χ0) is 15.6. The first kappa shape index (κ1) is 16.3. The summed E-state index contributed by atoms with van der Waals surface area (Å²) >= 11 is 13.4. The van der Waals surface area contributed by atoms with E-state index in [0.717, 1.165) is 4.90 Å². The molecule has 0 radical (unpaired) electrons. The second-order valence-corrected chi connectivity index (χ2v) is 6.59. The molecule has 0 aromatic heterocycles. The van der Waals surface area contributed by atoms with Crippen molar-refractivity contribution in [3.63, 3.8) is 0 Å². The lowest BCUT2D eigenvalue weighted by molar-refractivity contribution is 0.230. The van der Waals surface area contributed by atoms with E-state index in [1.165, 1.54) is 17.8 Å². The average molecular weight is 346 g/mol. The highest BCUT2D eigenvalue weighted by atomic mass is 35.5. The lowest BCUT2D eigenvalue weighted by Gasteiger charge is -2.14. The summed E-state index contributed by atoms with van der Waals surface area (Å²) in [6.07, 6.45) is -0.129. The average Bonchev–Trinajstić information content (AvgIpc) is 2.39. The Morgan fingerprint density at radius 2 is 1.86 bits per heavy atom. The summed E-state index contributed by atoms with van der Waals surface area (Å²) in [7, 11) is 0. The van der Waals surface area contributed by atoms with E-state index < -0.39 is 5.82 Å². The summed E-state index contributed by atoms with van der Waals surface area (Å²) in [6.45, 7) is 3.66. The zero-order valence-electron chi connectivity index (χ0n) is 11.5. The van der Waals surface area contributed by atoms with Gasteiger partial charge >= 0.3 is 0 Å². The standard InChI is InChI=1S/C15H14Cl2FNOS/c1-8(2)20-13-7-15(12(19)6-11(13)18)21-14-5-9(16)3-4-10(14)17/h3-8H,19H2,1-2H3. The molecule has 0 heterocycles. The maximum atomic E-state index is 13.8. The molecular weight excluding hydrogens is 332 g/mol. The molecule has 0 bridgehead atoms. The largest absolute Gasteiger partial charge is 0.488 e. The number of ether oxygens (including phenoxy) is 1. The molecular formula is C15H14Cl2FNOS. The maximum Gasteiger partial charge on any atom is 0.167 e. The van der Waals surface area contributed by atoms with Crippen molar-refractivity contribution in [2.45, 2.75) is 29.7 Å². The first-order valence-electron chi connectivity index (χ1n) is 6.25. The van der Waals surface area contributed by atoms with Crippen molar-refractivity contribution in [2.75, 3.05) is 5.73 Å². The van der Waals surface area contributed by atoms with Gasteiger partial charge in [0.2, 0.25) is 0 Å². The van der Waals surface area contributed by atoms with Crippen LogP contribution in [0.15, 0.2) is 40.1 Å². The van der Waals surface area contributed by atoms with Crippen LogP contribution < -0.4 is 10.5 Å². The van der Waals surface area contributed by atoms with Crippen LogP contribution >= 0.6 is 35.0 Å². The van der Waals surface area contributed by atoms with Gasteiger partial charge in [0.25, 0.3) is 0 Å². The summed E-state index contributed by atoms with van der Waals surface area (Å²) in [4.78, 5) is 1.41. The van der Waals surface area contributed by atoms with Crippen LogP contribution in [0, 0.1) is 5.82 Å². The SMILES string of the molecule is CC(C)Oc1cc(Sc2cc(Cl)ccc2Cl)c(N)cc1F. The number of hydrogen-bond acceptors (Lipinski definition) is 3. The predicted octanol–water partition coefficient (Wildman–Crippen LogP) is 5.65. The van der Waals surface area contributed by atoms with Gasteiger partial charge in [0.1, 0.15) is 0 Å². The molecule has 6 heteroatoms. The maximum absolute atomic E-state index is 13.8. The smallest absolute Gasteiger partial charge is 0.167 e.